The number of aliphatic hydroxyl groups excluding tert-OH is 1. The molecule has 4 bridgehead atoms. The normalized spacial score (nSPS) is 36.6. The van der Waals surface area contributed by atoms with Crippen LogP contribution >= 0.6 is 0 Å². The van der Waals surface area contributed by atoms with E-state index in [2.05, 4.69) is 46.3 Å². The summed E-state index contributed by atoms with van der Waals surface area (Å²) in [5.74, 6) is 1.99. The van der Waals surface area contributed by atoms with Crippen LogP contribution in [-0.2, 0) is 0 Å². The van der Waals surface area contributed by atoms with Gasteiger partial charge in [-0.2, -0.15) is 0 Å². The second-order valence-corrected chi connectivity index (χ2v) is 10.9. The van der Waals surface area contributed by atoms with Gasteiger partial charge in [0, 0.05) is 31.2 Å². The van der Waals surface area contributed by atoms with Crippen molar-refractivity contribution in [1.82, 2.24) is 4.90 Å². The number of rotatable bonds is 6. The summed E-state index contributed by atoms with van der Waals surface area (Å²) in [6, 6.07) is 11.2. The Labute approximate surface area is 189 Å². The molecule has 1 aromatic carbocycles. The highest BCUT2D eigenvalue weighted by molar-refractivity contribution is 5.70. The maximum Gasteiger partial charge on any atom is 0.126 e. The average Bonchev–Trinajstić information content (AvgIpc) is 2.78. The molecule has 4 fully saturated rings. The molecular weight excluding hydrogens is 382 g/mol. The summed E-state index contributed by atoms with van der Waals surface area (Å²) in [6.45, 7) is 2.11. The van der Waals surface area contributed by atoms with Crippen LogP contribution < -0.4 is 10.2 Å². The molecule has 1 unspecified atom stereocenters. The van der Waals surface area contributed by atoms with E-state index in [4.69, 9.17) is 0 Å². The average molecular weight is 426 g/mol. The van der Waals surface area contributed by atoms with E-state index >= 15 is 0 Å². The van der Waals surface area contributed by atoms with E-state index in [9.17, 15) is 5.11 Å². The molecule has 4 aliphatic rings. The van der Waals surface area contributed by atoms with Gasteiger partial charge in [-0.05, 0) is 75.3 Å². The van der Waals surface area contributed by atoms with Gasteiger partial charge in [-0.15, -0.1) is 0 Å². The number of anilines is 2. The van der Waals surface area contributed by atoms with Crippen LogP contribution in [0.5, 0.6) is 0 Å². The Bertz CT molecular complexity index is 713. The quantitative estimate of drug-likeness (QED) is 0.581. The third-order valence-electron chi connectivity index (χ3n) is 9.06. The van der Waals surface area contributed by atoms with Crippen LogP contribution in [0.25, 0.3) is 0 Å². The summed E-state index contributed by atoms with van der Waals surface area (Å²) in [7, 11) is 1.99. The number of piperidine rings is 2. The summed E-state index contributed by atoms with van der Waals surface area (Å²) in [5, 5.41) is 14.5. The first-order chi connectivity index (χ1) is 15.2. The van der Waals surface area contributed by atoms with Crippen LogP contribution in [-0.4, -0.2) is 47.4 Å². The molecule has 31 heavy (non-hydrogen) atoms. The minimum Gasteiger partial charge on any atom is -0.386 e. The van der Waals surface area contributed by atoms with Gasteiger partial charge in [-0.25, -0.2) is 0 Å². The Morgan fingerprint density at radius 1 is 0.935 bits per heavy atom. The lowest BCUT2D eigenvalue weighted by Gasteiger charge is -2.57. The maximum atomic E-state index is 11.1. The summed E-state index contributed by atoms with van der Waals surface area (Å²) in [4.78, 5) is 5.38. The minimum absolute atomic E-state index is 0.416. The Kier molecular flexibility index (Phi) is 6.48. The fourth-order valence-electron chi connectivity index (χ4n) is 7.86. The van der Waals surface area contributed by atoms with Crippen molar-refractivity contribution < 1.29 is 5.11 Å². The first-order valence-electron chi connectivity index (χ1n) is 13.2. The zero-order chi connectivity index (χ0) is 21.4. The molecule has 7 atom stereocenters. The zero-order valence-electron chi connectivity index (χ0n) is 19.7. The predicted molar refractivity (Wildman–Crippen MR) is 130 cm³/mol. The smallest absolute Gasteiger partial charge is 0.126 e. The molecule has 2 heterocycles. The van der Waals surface area contributed by atoms with E-state index in [1.165, 1.54) is 76.3 Å². The monoisotopic (exact) mass is 425 g/mol. The molecule has 172 valence electrons. The van der Waals surface area contributed by atoms with Crippen LogP contribution in [0, 0.1) is 11.8 Å². The van der Waals surface area contributed by atoms with E-state index in [1.54, 1.807) is 0 Å². The summed E-state index contributed by atoms with van der Waals surface area (Å²) < 4.78 is 0. The molecule has 0 radical (unpaired) electrons. The lowest BCUT2D eigenvalue weighted by Crippen LogP contribution is -2.62. The number of fused-ring (bicyclic) bond motifs is 4. The number of para-hydroxylation sites is 2. The Hall–Kier alpha value is -1.26. The molecule has 2 aliphatic heterocycles. The van der Waals surface area contributed by atoms with E-state index in [1.807, 2.05) is 7.05 Å². The Morgan fingerprint density at radius 3 is 2.23 bits per heavy atom. The molecule has 2 saturated carbocycles. The van der Waals surface area contributed by atoms with Crippen LogP contribution in [0.4, 0.5) is 11.4 Å². The molecule has 2 N–H and O–H groups in total. The highest BCUT2D eigenvalue weighted by atomic mass is 16.3. The standard InChI is InChI=1S/C27H43N3O/c1-3-27(31)30(26-13-5-4-12-25(26)28-2)24-17-21-10-7-11-22(18-24)29(21)23-15-19-8-6-9-20(14-19)16-23/h4-5,12-13,19-24,27-28,31H,3,6-11,14-18H2,1-2H3/t19-,20+,21-,22+,23+,24+,27?. The number of hydrogen-bond acceptors (Lipinski definition) is 4. The molecule has 0 amide bonds. The molecule has 5 rings (SSSR count). The van der Waals surface area contributed by atoms with Crippen molar-refractivity contribution >= 4 is 11.4 Å². The molecule has 1 aromatic rings. The lowest BCUT2D eigenvalue weighted by atomic mass is 9.68. The van der Waals surface area contributed by atoms with Gasteiger partial charge in [0.05, 0.1) is 11.4 Å². The van der Waals surface area contributed by atoms with Crippen molar-refractivity contribution in [1.29, 1.82) is 0 Å². The van der Waals surface area contributed by atoms with Crippen LogP contribution in [0.3, 0.4) is 0 Å². The molecule has 0 spiro atoms. The van der Waals surface area contributed by atoms with E-state index in [0.29, 0.717) is 18.1 Å². The lowest BCUT2D eigenvalue weighted by molar-refractivity contribution is -0.0444. The van der Waals surface area contributed by atoms with Crippen LogP contribution in [0.1, 0.15) is 84.0 Å². The van der Waals surface area contributed by atoms with Gasteiger partial charge in [0.1, 0.15) is 6.23 Å². The first kappa shape index (κ1) is 21.6. The highest BCUT2D eigenvalue weighted by Gasteiger charge is 2.46. The molecule has 2 aliphatic carbocycles. The van der Waals surface area contributed by atoms with Gasteiger partial charge in [-0.3, -0.25) is 4.90 Å². The predicted octanol–water partition coefficient (Wildman–Crippen LogP) is 5.62. The van der Waals surface area contributed by atoms with E-state index in [-0.39, 0.29) is 0 Å². The summed E-state index contributed by atoms with van der Waals surface area (Å²) in [6.07, 6.45) is 15.7. The third kappa shape index (κ3) is 4.23. The first-order valence-corrected chi connectivity index (χ1v) is 13.2. The fourth-order valence-corrected chi connectivity index (χ4v) is 7.86. The van der Waals surface area contributed by atoms with Gasteiger partial charge >= 0.3 is 0 Å². The van der Waals surface area contributed by atoms with Crippen molar-refractivity contribution in [3.05, 3.63) is 24.3 Å². The van der Waals surface area contributed by atoms with Gasteiger partial charge in [0.2, 0.25) is 0 Å². The largest absolute Gasteiger partial charge is 0.386 e. The van der Waals surface area contributed by atoms with Crippen molar-refractivity contribution in [2.45, 2.75) is 114 Å². The highest BCUT2D eigenvalue weighted by Crippen LogP contribution is 2.47. The van der Waals surface area contributed by atoms with Crippen molar-refractivity contribution in [2.75, 3.05) is 17.3 Å². The number of aliphatic hydroxyl groups is 1. The van der Waals surface area contributed by atoms with Crippen molar-refractivity contribution in [2.24, 2.45) is 11.8 Å². The van der Waals surface area contributed by atoms with Crippen LogP contribution in [0.15, 0.2) is 24.3 Å². The Balaban J connectivity index is 1.38. The number of hydrogen-bond donors (Lipinski definition) is 2. The van der Waals surface area contributed by atoms with Gasteiger partial charge in [-0.1, -0.05) is 44.7 Å². The second kappa shape index (κ2) is 9.31. The van der Waals surface area contributed by atoms with E-state index in [0.717, 1.165) is 30.0 Å². The van der Waals surface area contributed by atoms with Gasteiger partial charge in [0.15, 0.2) is 0 Å². The molecular formula is C27H43N3O. The topological polar surface area (TPSA) is 38.7 Å². The molecule has 4 nitrogen and oxygen atoms in total. The third-order valence-corrected chi connectivity index (χ3v) is 9.06. The maximum absolute atomic E-state index is 11.1. The fraction of sp³-hybridized carbons (Fsp3) is 0.778. The zero-order valence-corrected chi connectivity index (χ0v) is 19.7. The number of nitrogens with zero attached hydrogens (tertiary/aromatic N) is 2. The molecule has 4 heteroatoms. The Morgan fingerprint density at radius 2 is 1.58 bits per heavy atom. The summed E-state index contributed by atoms with van der Waals surface area (Å²) in [5.41, 5.74) is 2.30. The second-order valence-electron chi connectivity index (χ2n) is 10.9. The molecule has 2 saturated heterocycles. The minimum atomic E-state index is -0.416. The van der Waals surface area contributed by atoms with Crippen molar-refractivity contribution in [3.8, 4) is 0 Å². The SMILES string of the molecule is CCC(O)N(c1ccccc1NC)[C@H]1C[C@H]2CCC[C@@H](C1)N2[C@H]1C[C@@H]2CCC[C@@H](C2)C1. The summed E-state index contributed by atoms with van der Waals surface area (Å²) >= 11 is 0. The van der Waals surface area contributed by atoms with Crippen molar-refractivity contribution in [3.63, 3.8) is 0 Å². The van der Waals surface area contributed by atoms with Gasteiger partial charge in [0.25, 0.3) is 0 Å². The van der Waals surface area contributed by atoms with Crippen LogP contribution in [0.2, 0.25) is 0 Å². The van der Waals surface area contributed by atoms with E-state index < -0.39 is 6.23 Å². The molecule has 0 aromatic heterocycles. The van der Waals surface area contributed by atoms with Gasteiger partial charge < -0.3 is 15.3 Å². The number of nitrogens with one attached hydrogen (secondary N) is 1. The number of benzene rings is 1.